The van der Waals surface area contributed by atoms with Crippen LogP contribution in [0.5, 0.6) is 0 Å². The molecule has 0 bridgehead atoms. The molecule has 0 aromatic heterocycles. The molecule has 9 heteroatoms. The Morgan fingerprint density at radius 3 is 2.60 bits per heavy atom. The van der Waals surface area contributed by atoms with E-state index in [1.807, 2.05) is 4.90 Å². The maximum atomic E-state index is 12.9. The van der Waals surface area contributed by atoms with Crippen LogP contribution in [0.3, 0.4) is 0 Å². The molecule has 1 aliphatic rings. The SMILES string of the molecule is NC(=O)CN1CCCC(C(=O)NCCS(=O)(=O)c2ccc(F)cc2)C1. The van der Waals surface area contributed by atoms with Gasteiger partial charge >= 0.3 is 0 Å². The third-order valence-corrected chi connectivity index (χ3v) is 5.83. The van der Waals surface area contributed by atoms with E-state index in [1.165, 1.54) is 12.1 Å². The summed E-state index contributed by atoms with van der Waals surface area (Å²) in [4.78, 5) is 25.0. The van der Waals surface area contributed by atoms with Crippen LogP contribution in [-0.4, -0.2) is 57.1 Å². The molecule has 1 aliphatic heterocycles. The molecule has 1 saturated heterocycles. The number of nitrogens with two attached hydrogens (primary N) is 1. The summed E-state index contributed by atoms with van der Waals surface area (Å²) >= 11 is 0. The fourth-order valence-corrected chi connectivity index (χ4v) is 4.00. The minimum absolute atomic E-state index is 0.0217. The number of amides is 2. The van der Waals surface area contributed by atoms with Gasteiger partial charge in [0.2, 0.25) is 11.8 Å². The van der Waals surface area contributed by atoms with Crippen molar-refractivity contribution < 1.29 is 22.4 Å². The largest absolute Gasteiger partial charge is 0.369 e. The molecule has 7 nitrogen and oxygen atoms in total. The molecule has 2 amide bonds. The number of halogens is 1. The van der Waals surface area contributed by atoms with E-state index >= 15 is 0 Å². The Morgan fingerprint density at radius 1 is 1.28 bits per heavy atom. The summed E-state index contributed by atoms with van der Waals surface area (Å²) < 4.78 is 37.1. The smallest absolute Gasteiger partial charge is 0.231 e. The topological polar surface area (TPSA) is 110 Å². The first kappa shape index (κ1) is 19.3. The van der Waals surface area contributed by atoms with Crippen molar-refractivity contribution in [2.75, 3.05) is 31.9 Å². The van der Waals surface area contributed by atoms with Gasteiger partial charge in [0, 0.05) is 13.1 Å². The number of carbonyl (C=O) groups is 2. The van der Waals surface area contributed by atoms with Crippen molar-refractivity contribution in [3.63, 3.8) is 0 Å². The maximum Gasteiger partial charge on any atom is 0.231 e. The monoisotopic (exact) mass is 371 g/mol. The number of likely N-dealkylation sites (tertiary alicyclic amines) is 1. The molecule has 3 N–H and O–H groups in total. The predicted octanol–water partition coefficient (Wildman–Crippen LogP) is -0.0871. The van der Waals surface area contributed by atoms with E-state index in [0.29, 0.717) is 19.5 Å². The van der Waals surface area contributed by atoms with Gasteiger partial charge in [0.15, 0.2) is 9.84 Å². The van der Waals surface area contributed by atoms with Crippen molar-refractivity contribution in [3.8, 4) is 0 Å². The second kappa shape index (κ2) is 8.39. The lowest BCUT2D eigenvalue weighted by Crippen LogP contribution is -2.46. The van der Waals surface area contributed by atoms with Crippen molar-refractivity contribution in [2.45, 2.75) is 17.7 Å². The number of benzene rings is 1. The molecule has 1 unspecified atom stereocenters. The predicted molar refractivity (Wildman–Crippen MR) is 89.8 cm³/mol. The van der Waals surface area contributed by atoms with Gasteiger partial charge in [-0.15, -0.1) is 0 Å². The normalized spacial score (nSPS) is 18.7. The third-order valence-electron chi connectivity index (χ3n) is 4.10. The first-order valence-electron chi connectivity index (χ1n) is 8.04. The average Bonchev–Trinajstić information content (AvgIpc) is 2.54. The second-order valence-electron chi connectivity index (χ2n) is 6.10. The van der Waals surface area contributed by atoms with Crippen LogP contribution in [0.1, 0.15) is 12.8 Å². The molecule has 1 fully saturated rings. The second-order valence-corrected chi connectivity index (χ2v) is 8.21. The van der Waals surface area contributed by atoms with E-state index in [-0.39, 0.29) is 35.6 Å². The molecule has 0 spiro atoms. The molecule has 1 heterocycles. The van der Waals surface area contributed by atoms with Crippen LogP contribution in [0, 0.1) is 11.7 Å². The summed E-state index contributed by atoms with van der Waals surface area (Å²) in [5, 5.41) is 2.63. The first-order valence-corrected chi connectivity index (χ1v) is 9.70. The minimum Gasteiger partial charge on any atom is -0.369 e. The van der Waals surface area contributed by atoms with Gasteiger partial charge < -0.3 is 11.1 Å². The van der Waals surface area contributed by atoms with Crippen LogP contribution in [0.25, 0.3) is 0 Å². The number of carbonyl (C=O) groups excluding carboxylic acids is 2. The Morgan fingerprint density at radius 2 is 1.96 bits per heavy atom. The molecule has 138 valence electrons. The number of piperidine rings is 1. The fraction of sp³-hybridized carbons (Fsp3) is 0.500. The number of sulfone groups is 1. The van der Waals surface area contributed by atoms with E-state index in [9.17, 15) is 22.4 Å². The summed E-state index contributed by atoms with van der Waals surface area (Å²) in [5.41, 5.74) is 5.17. The van der Waals surface area contributed by atoms with E-state index in [2.05, 4.69) is 5.32 Å². The molecule has 1 aromatic carbocycles. The van der Waals surface area contributed by atoms with Gasteiger partial charge in [0.25, 0.3) is 0 Å². The Kier molecular flexibility index (Phi) is 6.49. The number of primary amides is 1. The Hall–Kier alpha value is -2.00. The van der Waals surface area contributed by atoms with Gasteiger partial charge in [0.05, 0.1) is 23.1 Å². The van der Waals surface area contributed by atoms with E-state index in [4.69, 9.17) is 5.73 Å². The van der Waals surface area contributed by atoms with E-state index < -0.39 is 21.6 Å². The lowest BCUT2D eigenvalue weighted by atomic mass is 9.97. The molecular weight excluding hydrogens is 349 g/mol. The molecule has 0 saturated carbocycles. The summed E-state index contributed by atoms with van der Waals surface area (Å²) in [6.07, 6.45) is 1.46. The summed E-state index contributed by atoms with van der Waals surface area (Å²) in [5.74, 6) is -1.73. The highest BCUT2D eigenvalue weighted by molar-refractivity contribution is 7.91. The van der Waals surface area contributed by atoms with Crippen molar-refractivity contribution in [3.05, 3.63) is 30.1 Å². The van der Waals surface area contributed by atoms with E-state index in [0.717, 1.165) is 18.6 Å². The van der Waals surface area contributed by atoms with Gasteiger partial charge in [-0.05, 0) is 43.7 Å². The standard InChI is InChI=1S/C16H22FN3O4S/c17-13-3-5-14(6-4-13)25(23,24)9-7-19-16(22)12-2-1-8-20(10-12)11-15(18)21/h3-6,12H,1-2,7-11H2,(H2,18,21)(H,19,22). The zero-order valence-corrected chi connectivity index (χ0v) is 14.6. The number of nitrogens with one attached hydrogen (secondary N) is 1. The average molecular weight is 371 g/mol. The lowest BCUT2D eigenvalue weighted by molar-refractivity contribution is -0.128. The maximum absolute atomic E-state index is 12.9. The third kappa shape index (κ3) is 5.79. The van der Waals surface area contributed by atoms with Crippen molar-refractivity contribution >= 4 is 21.7 Å². The summed E-state index contributed by atoms with van der Waals surface area (Å²) in [6.45, 7) is 1.23. The first-order chi connectivity index (χ1) is 11.8. The Bertz CT molecular complexity index is 721. The zero-order chi connectivity index (χ0) is 18.4. The van der Waals surface area contributed by atoms with Gasteiger partial charge in [-0.1, -0.05) is 0 Å². The van der Waals surface area contributed by atoms with Crippen LogP contribution < -0.4 is 11.1 Å². The van der Waals surface area contributed by atoms with Gasteiger partial charge in [-0.2, -0.15) is 0 Å². The summed E-state index contributed by atoms with van der Waals surface area (Å²) in [6, 6.07) is 4.58. The number of hydrogen-bond donors (Lipinski definition) is 2. The Labute approximate surface area is 146 Å². The number of rotatable bonds is 7. The lowest BCUT2D eigenvalue weighted by Gasteiger charge is -2.30. The fourth-order valence-electron chi connectivity index (χ4n) is 2.85. The van der Waals surface area contributed by atoms with Crippen molar-refractivity contribution in [1.29, 1.82) is 0 Å². The van der Waals surface area contributed by atoms with Gasteiger partial charge in [-0.25, -0.2) is 12.8 Å². The van der Waals surface area contributed by atoms with E-state index in [1.54, 1.807) is 0 Å². The summed E-state index contributed by atoms with van der Waals surface area (Å²) in [7, 11) is -3.58. The number of nitrogens with zero attached hydrogens (tertiary/aromatic N) is 1. The van der Waals surface area contributed by atoms with Crippen LogP contribution in [0.2, 0.25) is 0 Å². The molecule has 1 atom stereocenters. The van der Waals surface area contributed by atoms with Crippen LogP contribution >= 0.6 is 0 Å². The molecule has 0 radical (unpaired) electrons. The van der Waals surface area contributed by atoms with Crippen LogP contribution in [0.15, 0.2) is 29.2 Å². The molecule has 2 rings (SSSR count). The Balaban J connectivity index is 1.83. The molecule has 25 heavy (non-hydrogen) atoms. The highest BCUT2D eigenvalue weighted by atomic mass is 32.2. The quantitative estimate of drug-likeness (QED) is 0.651. The van der Waals surface area contributed by atoms with Crippen LogP contribution in [0.4, 0.5) is 4.39 Å². The molecule has 1 aromatic rings. The zero-order valence-electron chi connectivity index (χ0n) is 13.8. The number of hydrogen-bond acceptors (Lipinski definition) is 5. The molecule has 0 aliphatic carbocycles. The van der Waals surface area contributed by atoms with Gasteiger partial charge in [0.1, 0.15) is 5.82 Å². The van der Waals surface area contributed by atoms with Crippen molar-refractivity contribution in [2.24, 2.45) is 11.7 Å². The highest BCUT2D eigenvalue weighted by Crippen LogP contribution is 2.16. The van der Waals surface area contributed by atoms with Crippen LogP contribution in [-0.2, 0) is 19.4 Å². The molecular formula is C16H22FN3O4S. The van der Waals surface area contributed by atoms with Crippen molar-refractivity contribution in [1.82, 2.24) is 10.2 Å². The highest BCUT2D eigenvalue weighted by Gasteiger charge is 2.26. The minimum atomic E-state index is -3.58. The van der Waals surface area contributed by atoms with Gasteiger partial charge in [-0.3, -0.25) is 14.5 Å².